The number of benzene rings is 1. The summed E-state index contributed by atoms with van der Waals surface area (Å²) in [5.41, 5.74) is 0.141. The molecule has 110 valence electrons. The molecule has 4 atom stereocenters. The fraction of sp³-hybridized carbons (Fsp3) is 0.429. The smallest absolute Gasteiger partial charge is 0.251 e. The predicted molar refractivity (Wildman–Crippen MR) is 67.9 cm³/mol. The van der Waals surface area contributed by atoms with E-state index in [1.807, 2.05) is 0 Å². The number of ether oxygens (including phenoxy) is 2. The number of rotatable bonds is 2. The van der Waals surface area contributed by atoms with Crippen molar-refractivity contribution in [2.75, 3.05) is 13.2 Å². The van der Waals surface area contributed by atoms with Gasteiger partial charge in [-0.2, -0.15) is 5.26 Å². The Morgan fingerprint density at radius 2 is 2.10 bits per heavy atom. The molecule has 3 rings (SSSR count). The van der Waals surface area contributed by atoms with Crippen molar-refractivity contribution in [1.29, 1.82) is 5.26 Å². The van der Waals surface area contributed by atoms with Crippen molar-refractivity contribution in [2.24, 2.45) is 0 Å². The van der Waals surface area contributed by atoms with E-state index in [2.05, 4.69) is 5.32 Å². The van der Waals surface area contributed by atoms with Gasteiger partial charge in [0.25, 0.3) is 5.91 Å². The highest BCUT2D eigenvalue weighted by Gasteiger charge is 2.47. The number of carbonyl (C=O) groups excluding carboxylic acids is 1. The van der Waals surface area contributed by atoms with Gasteiger partial charge in [0.15, 0.2) is 0 Å². The lowest BCUT2D eigenvalue weighted by atomic mass is 10.1. The molecule has 1 aromatic rings. The lowest BCUT2D eigenvalue weighted by molar-refractivity contribution is 0.0178. The number of hydrogen-bond acceptors (Lipinski definition) is 5. The van der Waals surface area contributed by atoms with Gasteiger partial charge >= 0.3 is 0 Å². The van der Waals surface area contributed by atoms with Crippen molar-refractivity contribution >= 4 is 5.91 Å². The van der Waals surface area contributed by atoms with Crippen LogP contribution in [-0.4, -0.2) is 48.6 Å². The molecule has 0 aliphatic carbocycles. The van der Waals surface area contributed by atoms with E-state index in [0.717, 1.165) is 12.1 Å². The Bertz CT molecular complexity index is 615. The van der Waals surface area contributed by atoms with E-state index in [1.54, 1.807) is 6.07 Å². The fourth-order valence-corrected chi connectivity index (χ4v) is 2.64. The molecule has 0 radical (unpaired) electrons. The van der Waals surface area contributed by atoms with Crippen molar-refractivity contribution in [3.05, 3.63) is 35.1 Å². The zero-order valence-electron chi connectivity index (χ0n) is 11.0. The van der Waals surface area contributed by atoms with Crippen LogP contribution in [-0.2, 0) is 9.47 Å². The van der Waals surface area contributed by atoms with Crippen molar-refractivity contribution in [2.45, 2.75) is 24.4 Å². The summed E-state index contributed by atoms with van der Waals surface area (Å²) < 4.78 is 24.1. The van der Waals surface area contributed by atoms with Gasteiger partial charge in [0.2, 0.25) is 0 Å². The van der Waals surface area contributed by atoms with Crippen LogP contribution in [0.25, 0.3) is 0 Å². The number of nitrogens with zero attached hydrogens (tertiary/aromatic N) is 1. The van der Waals surface area contributed by atoms with E-state index in [0.29, 0.717) is 0 Å². The Kier molecular flexibility index (Phi) is 3.59. The van der Waals surface area contributed by atoms with Gasteiger partial charge in [-0.25, -0.2) is 4.39 Å². The topological polar surface area (TPSA) is 91.6 Å². The summed E-state index contributed by atoms with van der Waals surface area (Å²) in [5, 5.41) is 21.1. The van der Waals surface area contributed by atoms with Crippen molar-refractivity contribution < 1.29 is 23.8 Å². The summed E-state index contributed by atoms with van der Waals surface area (Å²) >= 11 is 0. The first kappa shape index (κ1) is 13.9. The SMILES string of the molecule is N#Cc1cc(F)cc(C(=O)N[C@@H]2CO[C@H]3[C@@H]2OC[C@H]3O)c1. The maximum Gasteiger partial charge on any atom is 0.251 e. The molecule has 2 aliphatic rings. The molecule has 21 heavy (non-hydrogen) atoms. The third-order valence-electron chi connectivity index (χ3n) is 3.63. The van der Waals surface area contributed by atoms with E-state index in [9.17, 15) is 14.3 Å². The molecule has 2 heterocycles. The van der Waals surface area contributed by atoms with Crippen LogP contribution in [0.4, 0.5) is 4.39 Å². The summed E-state index contributed by atoms with van der Waals surface area (Å²) in [5.74, 6) is -1.16. The van der Waals surface area contributed by atoms with E-state index < -0.39 is 36.1 Å². The molecule has 0 unspecified atom stereocenters. The van der Waals surface area contributed by atoms with Crippen LogP contribution in [0.5, 0.6) is 0 Å². The summed E-state index contributed by atoms with van der Waals surface area (Å²) in [6.45, 7) is 0.388. The zero-order chi connectivity index (χ0) is 15.0. The van der Waals surface area contributed by atoms with Crippen molar-refractivity contribution in [3.63, 3.8) is 0 Å². The first-order valence-corrected chi connectivity index (χ1v) is 6.51. The molecule has 2 fully saturated rings. The van der Waals surface area contributed by atoms with Crippen LogP contribution in [0.2, 0.25) is 0 Å². The second-order valence-corrected chi connectivity index (χ2v) is 5.08. The number of nitriles is 1. The average molecular weight is 292 g/mol. The van der Waals surface area contributed by atoms with Gasteiger partial charge in [0.1, 0.15) is 24.1 Å². The highest BCUT2D eigenvalue weighted by atomic mass is 19.1. The average Bonchev–Trinajstić information content (AvgIpc) is 3.02. The number of aliphatic hydroxyl groups is 1. The fourth-order valence-electron chi connectivity index (χ4n) is 2.64. The number of hydrogen-bond donors (Lipinski definition) is 2. The van der Waals surface area contributed by atoms with Crippen LogP contribution in [0.15, 0.2) is 18.2 Å². The van der Waals surface area contributed by atoms with Crippen LogP contribution in [0, 0.1) is 17.1 Å². The lowest BCUT2D eigenvalue weighted by Crippen LogP contribution is -2.44. The van der Waals surface area contributed by atoms with Gasteiger partial charge < -0.3 is 19.9 Å². The number of fused-ring (bicyclic) bond motifs is 1. The van der Waals surface area contributed by atoms with E-state index in [-0.39, 0.29) is 24.3 Å². The first-order valence-electron chi connectivity index (χ1n) is 6.51. The Hall–Kier alpha value is -2.01. The minimum absolute atomic E-state index is 0.0635. The summed E-state index contributed by atoms with van der Waals surface area (Å²) in [7, 11) is 0. The third-order valence-corrected chi connectivity index (χ3v) is 3.63. The van der Waals surface area contributed by atoms with Gasteiger partial charge in [-0.3, -0.25) is 4.79 Å². The molecular formula is C14H13FN2O4. The molecule has 6 nitrogen and oxygen atoms in total. The Balaban J connectivity index is 1.73. The van der Waals surface area contributed by atoms with Gasteiger partial charge in [-0.05, 0) is 18.2 Å². The van der Waals surface area contributed by atoms with Crippen molar-refractivity contribution in [1.82, 2.24) is 5.32 Å². The normalized spacial score (nSPS) is 30.7. The molecule has 0 spiro atoms. The van der Waals surface area contributed by atoms with Crippen LogP contribution < -0.4 is 5.32 Å². The van der Waals surface area contributed by atoms with Gasteiger partial charge in [-0.15, -0.1) is 0 Å². The van der Waals surface area contributed by atoms with Crippen LogP contribution >= 0.6 is 0 Å². The molecule has 2 saturated heterocycles. The molecule has 1 aromatic carbocycles. The first-order chi connectivity index (χ1) is 10.1. The summed E-state index contributed by atoms with van der Waals surface area (Å²) in [6, 6.07) is 4.82. The highest BCUT2D eigenvalue weighted by Crippen LogP contribution is 2.27. The number of amides is 1. The maximum atomic E-state index is 13.3. The van der Waals surface area contributed by atoms with Gasteiger partial charge in [-0.1, -0.05) is 0 Å². The molecule has 0 aromatic heterocycles. The minimum atomic E-state index is -0.698. The maximum absolute atomic E-state index is 13.3. The van der Waals surface area contributed by atoms with Gasteiger partial charge in [0.05, 0.1) is 30.9 Å². The standard InChI is InChI=1S/C14H13FN2O4/c15-9-2-7(4-16)1-8(3-9)14(19)17-10-5-20-13-11(18)6-21-12(10)13/h1-3,10-13,18H,5-6H2,(H,17,19)/t10-,11-,12-,13-/m1/s1. The molecule has 7 heteroatoms. The van der Waals surface area contributed by atoms with Crippen molar-refractivity contribution in [3.8, 4) is 6.07 Å². The largest absolute Gasteiger partial charge is 0.388 e. The predicted octanol–water partition coefficient (Wildman–Crippen LogP) is -0.0457. The molecule has 2 N–H and O–H groups in total. The van der Waals surface area contributed by atoms with E-state index in [1.165, 1.54) is 6.07 Å². The Morgan fingerprint density at radius 3 is 2.86 bits per heavy atom. The van der Waals surface area contributed by atoms with Crippen LogP contribution in [0.3, 0.4) is 0 Å². The lowest BCUT2D eigenvalue weighted by Gasteiger charge is -2.17. The number of aliphatic hydroxyl groups excluding tert-OH is 1. The second-order valence-electron chi connectivity index (χ2n) is 5.08. The zero-order valence-corrected chi connectivity index (χ0v) is 11.0. The third kappa shape index (κ3) is 2.61. The molecule has 2 aliphatic heterocycles. The Labute approximate surface area is 120 Å². The summed E-state index contributed by atoms with van der Waals surface area (Å²) in [4.78, 5) is 12.1. The van der Waals surface area contributed by atoms with Gasteiger partial charge in [0, 0.05) is 5.56 Å². The molecule has 0 saturated carbocycles. The number of halogens is 1. The quantitative estimate of drug-likeness (QED) is 0.797. The van der Waals surface area contributed by atoms with E-state index >= 15 is 0 Å². The van der Waals surface area contributed by atoms with E-state index in [4.69, 9.17) is 14.7 Å². The molecule has 0 bridgehead atoms. The Morgan fingerprint density at radius 1 is 1.33 bits per heavy atom. The second kappa shape index (κ2) is 5.41. The summed E-state index contributed by atoms with van der Waals surface area (Å²) in [6.07, 6.45) is -1.55. The highest BCUT2D eigenvalue weighted by molar-refractivity contribution is 5.94. The number of carbonyl (C=O) groups is 1. The minimum Gasteiger partial charge on any atom is -0.388 e. The number of nitrogens with one attached hydrogen (secondary N) is 1. The monoisotopic (exact) mass is 292 g/mol. The van der Waals surface area contributed by atoms with Crippen LogP contribution in [0.1, 0.15) is 15.9 Å². The molecular weight excluding hydrogens is 279 g/mol. The molecule has 1 amide bonds.